The minimum absolute atomic E-state index is 1.34. The maximum atomic E-state index is 2.34. The number of fused-ring (bicyclic) bond motifs is 6. The molecule has 1 aliphatic carbocycles. The fraction of sp³-hybridized carbons (Fsp3) is 0. The molecule has 1 heterocycles. The van der Waals surface area contributed by atoms with Crippen LogP contribution < -0.4 is 0 Å². The monoisotopic (exact) mass is 308 g/mol. The third-order valence-corrected chi connectivity index (χ3v) is 6.12. The fourth-order valence-electron chi connectivity index (χ4n) is 4.03. The van der Waals surface area contributed by atoms with Crippen molar-refractivity contribution >= 4 is 65.2 Å². The molecule has 0 aliphatic heterocycles. The summed E-state index contributed by atoms with van der Waals surface area (Å²) in [7, 11) is 0. The van der Waals surface area contributed by atoms with Crippen molar-refractivity contribution in [3.8, 4) is 0 Å². The van der Waals surface area contributed by atoms with Gasteiger partial charge in [0.2, 0.25) is 0 Å². The average Bonchev–Trinajstić information content (AvgIpc) is 3.17. The van der Waals surface area contributed by atoms with Crippen molar-refractivity contribution in [1.82, 2.24) is 0 Å². The molecule has 1 aliphatic rings. The lowest BCUT2D eigenvalue weighted by Gasteiger charge is -2.09. The number of hydrogen-bond acceptors (Lipinski definition) is 1. The summed E-state index contributed by atoms with van der Waals surface area (Å²) in [4.78, 5) is 0. The van der Waals surface area contributed by atoms with Gasteiger partial charge in [-0.2, -0.15) is 0 Å². The first-order chi connectivity index (χ1) is 11.4. The van der Waals surface area contributed by atoms with Gasteiger partial charge in [0.15, 0.2) is 0 Å². The van der Waals surface area contributed by atoms with E-state index < -0.39 is 0 Å². The molecule has 0 unspecified atom stereocenters. The van der Waals surface area contributed by atoms with Crippen molar-refractivity contribution < 1.29 is 0 Å². The van der Waals surface area contributed by atoms with E-state index in [1.54, 1.807) is 0 Å². The van der Waals surface area contributed by atoms with Gasteiger partial charge in [0, 0.05) is 20.2 Å². The normalized spacial score (nSPS) is 13.0. The van der Waals surface area contributed by atoms with Gasteiger partial charge in [-0.05, 0) is 50.9 Å². The molecule has 0 atom stereocenters. The van der Waals surface area contributed by atoms with Gasteiger partial charge in [-0.1, -0.05) is 54.6 Å². The van der Waals surface area contributed by atoms with Gasteiger partial charge in [-0.15, -0.1) is 11.3 Å². The summed E-state index contributed by atoms with van der Waals surface area (Å²) in [5, 5.41) is 8.33. The van der Waals surface area contributed by atoms with E-state index in [1.165, 1.54) is 52.8 Å². The zero-order valence-electron chi connectivity index (χ0n) is 12.3. The van der Waals surface area contributed by atoms with Crippen LogP contribution in [0, 0.1) is 0 Å². The quantitative estimate of drug-likeness (QED) is 0.269. The largest absolute Gasteiger partial charge is 0.135 e. The lowest BCUT2D eigenvalue weighted by atomic mass is 9.94. The van der Waals surface area contributed by atoms with Crippen LogP contribution in [0.2, 0.25) is 0 Å². The lowest BCUT2D eigenvalue weighted by molar-refractivity contribution is 1.77. The van der Waals surface area contributed by atoms with E-state index in [4.69, 9.17) is 0 Å². The standard InChI is InChI=1S/C22H12S/c1-2-7-18-16(5-1)22-19(23-18)11-10-15-12-14-9-8-13-4-3-6-17(20(13)14)21(15)22/h1-12H. The SMILES string of the molecule is C1=Cc2cc3ccc4sc5ccccc5c4c3c3cccc1c23. The van der Waals surface area contributed by atoms with Crippen molar-refractivity contribution in [2.75, 3.05) is 0 Å². The molecule has 0 amide bonds. The second kappa shape index (κ2) is 4.01. The van der Waals surface area contributed by atoms with Gasteiger partial charge in [0.05, 0.1) is 0 Å². The Hall–Kier alpha value is -2.64. The van der Waals surface area contributed by atoms with Crippen molar-refractivity contribution in [3.63, 3.8) is 0 Å². The summed E-state index contributed by atoms with van der Waals surface area (Å²) in [5.74, 6) is 0. The molecule has 0 N–H and O–H groups in total. The fourth-order valence-corrected chi connectivity index (χ4v) is 5.15. The highest BCUT2D eigenvalue weighted by molar-refractivity contribution is 7.26. The first-order valence-electron chi connectivity index (χ1n) is 7.88. The maximum Gasteiger partial charge on any atom is 0.0362 e. The highest BCUT2D eigenvalue weighted by atomic mass is 32.1. The van der Waals surface area contributed by atoms with Crippen LogP contribution in [-0.4, -0.2) is 0 Å². The summed E-state index contributed by atoms with van der Waals surface area (Å²) in [6, 6.07) is 22.4. The molecule has 106 valence electrons. The van der Waals surface area contributed by atoms with Crippen LogP contribution in [0.5, 0.6) is 0 Å². The van der Waals surface area contributed by atoms with E-state index in [0.717, 1.165) is 0 Å². The predicted octanol–water partition coefficient (Wildman–Crippen LogP) is 6.84. The summed E-state index contributed by atoms with van der Waals surface area (Å²) >= 11 is 1.89. The highest BCUT2D eigenvalue weighted by Crippen LogP contribution is 2.43. The highest BCUT2D eigenvalue weighted by Gasteiger charge is 2.15. The molecule has 0 radical (unpaired) electrons. The van der Waals surface area contributed by atoms with E-state index in [1.807, 2.05) is 11.3 Å². The molecule has 0 saturated heterocycles. The second-order valence-electron chi connectivity index (χ2n) is 6.20. The molecule has 6 rings (SSSR count). The van der Waals surface area contributed by atoms with Gasteiger partial charge < -0.3 is 0 Å². The van der Waals surface area contributed by atoms with E-state index in [0.29, 0.717) is 0 Å². The number of benzene rings is 4. The molecule has 0 bridgehead atoms. The molecule has 5 aromatic rings. The summed E-state index contributed by atoms with van der Waals surface area (Å²) in [5.41, 5.74) is 2.69. The summed E-state index contributed by atoms with van der Waals surface area (Å²) < 4.78 is 2.75. The van der Waals surface area contributed by atoms with Crippen LogP contribution in [0.4, 0.5) is 0 Å². The summed E-state index contributed by atoms with van der Waals surface area (Å²) in [6.07, 6.45) is 4.48. The Morgan fingerprint density at radius 2 is 1.43 bits per heavy atom. The zero-order valence-corrected chi connectivity index (χ0v) is 13.2. The van der Waals surface area contributed by atoms with Crippen molar-refractivity contribution in [3.05, 3.63) is 71.8 Å². The topological polar surface area (TPSA) is 0 Å². The molecule has 23 heavy (non-hydrogen) atoms. The van der Waals surface area contributed by atoms with Gasteiger partial charge in [0.25, 0.3) is 0 Å². The number of thiophene rings is 1. The second-order valence-corrected chi connectivity index (χ2v) is 7.29. The average molecular weight is 308 g/mol. The van der Waals surface area contributed by atoms with Gasteiger partial charge in [0.1, 0.15) is 0 Å². The number of rotatable bonds is 0. The van der Waals surface area contributed by atoms with Gasteiger partial charge >= 0.3 is 0 Å². The van der Waals surface area contributed by atoms with Crippen LogP contribution >= 0.6 is 11.3 Å². The number of hydrogen-bond donors (Lipinski definition) is 0. The first-order valence-corrected chi connectivity index (χ1v) is 8.69. The van der Waals surface area contributed by atoms with Crippen LogP contribution in [0.25, 0.3) is 53.9 Å². The van der Waals surface area contributed by atoms with E-state index >= 15 is 0 Å². The minimum Gasteiger partial charge on any atom is -0.135 e. The predicted molar refractivity (Wildman–Crippen MR) is 103 cm³/mol. The van der Waals surface area contributed by atoms with E-state index in [2.05, 4.69) is 72.8 Å². The molecule has 0 saturated carbocycles. The van der Waals surface area contributed by atoms with Gasteiger partial charge in [-0.3, -0.25) is 0 Å². The Kier molecular flexibility index (Phi) is 2.07. The first kappa shape index (κ1) is 11.9. The maximum absolute atomic E-state index is 2.34. The molecule has 0 nitrogen and oxygen atoms in total. The zero-order chi connectivity index (χ0) is 15.0. The van der Waals surface area contributed by atoms with Gasteiger partial charge in [-0.25, -0.2) is 0 Å². The summed E-state index contributed by atoms with van der Waals surface area (Å²) in [6.45, 7) is 0. The van der Waals surface area contributed by atoms with Crippen molar-refractivity contribution in [2.45, 2.75) is 0 Å². The molecule has 4 aromatic carbocycles. The minimum atomic E-state index is 1.34. The molecule has 1 aromatic heterocycles. The van der Waals surface area contributed by atoms with Crippen LogP contribution in [0.1, 0.15) is 11.1 Å². The van der Waals surface area contributed by atoms with Crippen molar-refractivity contribution in [2.24, 2.45) is 0 Å². The molecule has 1 heteroatoms. The van der Waals surface area contributed by atoms with Crippen LogP contribution in [0.3, 0.4) is 0 Å². The molecule has 0 spiro atoms. The Labute approximate surface area is 137 Å². The van der Waals surface area contributed by atoms with E-state index in [-0.39, 0.29) is 0 Å². The Morgan fingerprint density at radius 1 is 0.565 bits per heavy atom. The Morgan fingerprint density at radius 3 is 2.43 bits per heavy atom. The molecular weight excluding hydrogens is 296 g/mol. The van der Waals surface area contributed by atoms with Crippen LogP contribution in [0.15, 0.2) is 60.7 Å². The smallest absolute Gasteiger partial charge is 0.0362 e. The van der Waals surface area contributed by atoms with Crippen LogP contribution in [-0.2, 0) is 0 Å². The lowest BCUT2D eigenvalue weighted by Crippen LogP contribution is -1.83. The Balaban J connectivity index is 2.01. The van der Waals surface area contributed by atoms with Crippen molar-refractivity contribution in [1.29, 1.82) is 0 Å². The Bertz CT molecular complexity index is 1300. The van der Waals surface area contributed by atoms with E-state index in [9.17, 15) is 0 Å². The third kappa shape index (κ3) is 1.41. The molecule has 0 fully saturated rings. The third-order valence-electron chi connectivity index (χ3n) is 4.98. The molecular formula is C22H12S.